The average molecular weight is 193 g/mol. The van der Waals surface area contributed by atoms with Crippen LogP contribution in [0.4, 0.5) is 5.69 Å². The maximum Gasteiger partial charge on any atom is 0.272 e. The molecule has 0 saturated heterocycles. The quantitative estimate of drug-likeness (QED) is 0.586. The highest BCUT2D eigenvalue weighted by Gasteiger charge is 2.40. The van der Waals surface area contributed by atoms with Crippen molar-refractivity contribution in [1.29, 1.82) is 0 Å². The van der Waals surface area contributed by atoms with E-state index in [4.69, 9.17) is 5.11 Å². The normalized spacial score (nSPS) is 24.6. The van der Waals surface area contributed by atoms with Gasteiger partial charge in [0.15, 0.2) is 0 Å². The molecule has 1 N–H and O–H groups in total. The Hall–Kier alpha value is -1.42. The van der Waals surface area contributed by atoms with E-state index in [9.17, 15) is 10.1 Å². The van der Waals surface area contributed by atoms with Gasteiger partial charge in [0.2, 0.25) is 0 Å². The SMILES string of the molecule is O=[N+]([O-])c1ccccc1C1CC1CO. The van der Waals surface area contributed by atoms with Crippen molar-refractivity contribution in [2.24, 2.45) is 5.92 Å². The molecule has 2 atom stereocenters. The van der Waals surface area contributed by atoms with Crippen LogP contribution in [-0.4, -0.2) is 16.6 Å². The molecule has 74 valence electrons. The zero-order chi connectivity index (χ0) is 10.1. The summed E-state index contributed by atoms with van der Waals surface area (Å²) < 4.78 is 0. The molecule has 14 heavy (non-hydrogen) atoms. The fourth-order valence-corrected chi connectivity index (χ4v) is 1.80. The molecule has 0 spiro atoms. The van der Waals surface area contributed by atoms with Crippen LogP contribution in [0.25, 0.3) is 0 Å². The van der Waals surface area contributed by atoms with Crippen LogP contribution in [0.15, 0.2) is 24.3 Å². The van der Waals surface area contributed by atoms with Gasteiger partial charge in [-0.05, 0) is 18.3 Å². The molecule has 1 aromatic rings. The van der Waals surface area contributed by atoms with Crippen LogP contribution in [0.5, 0.6) is 0 Å². The second-order valence-corrected chi connectivity index (χ2v) is 3.60. The number of benzene rings is 1. The zero-order valence-corrected chi connectivity index (χ0v) is 7.59. The number of nitro groups is 1. The van der Waals surface area contributed by atoms with Crippen LogP contribution in [0.3, 0.4) is 0 Å². The highest BCUT2D eigenvalue weighted by molar-refractivity contribution is 5.44. The van der Waals surface area contributed by atoms with Crippen LogP contribution < -0.4 is 0 Å². The van der Waals surface area contributed by atoms with Crippen molar-refractivity contribution in [3.63, 3.8) is 0 Å². The molecule has 2 unspecified atom stereocenters. The molecule has 4 nitrogen and oxygen atoms in total. The van der Waals surface area contributed by atoms with Gasteiger partial charge < -0.3 is 5.11 Å². The maximum atomic E-state index is 10.7. The molecule has 1 saturated carbocycles. The Morgan fingerprint density at radius 3 is 2.79 bits per heavy atom. The van der Waals surface area contributed by atoms with E-state index >= 15 is 0 Å². The van der Waals surface area contributed by atoms with Crippen LogP contribution in [0.2, 0.25) is 0 Å². The van der Waals surface area contributed by atoms with Crippen molar-refractivity contribution in [1.82, 2.24) is 0 Å². The van der Waals surface area contributed by atoms with Gasteiger partial charge in [0.1, 0.15) is 0 Å². The molecule has 1 aromatic carbocycles. The number of aliphatic hydroxyl groups excluding tert-OH is 1. The summed E-state index contributed by atoms with van der Waals surface area (Å²) in [6.07, 6.45) is 0.862. The standard InChI is InChI=1S/C10H11NO3/c12-6-7-5-9(7)8-3-1-2-4-10(8)11(13)14/h1-4,7,9,12H,5-6H2. The lowest BCUT2D eigenvalue weighted by Crippen LogP contribution is -1.95. The molecule has 0 aromatic heterocycles. The first-order valence-corrected chi connectivity index (χ1v) is 4.58. The van der Waals surface area contributed by atoms with E-state index in [0.29, 0.717) is 0 Å². The largest absolute Gasteiger partial charge is 0.396 e. The number of aliphatic hydroxyl groups is 1. The first-order valence-electron chi connectivity index (χ1n) is 4.58. The van der Waals surface area contributed by atoms with E-state index in [0.717, 1.165) is 12.0 Å². The van der Waals surface area contributed by atoms with E-state index in [1.54, 1.807) is 18.2 Å². The molecule has 1 fully saturated rings. The predicted molar refractivity (Wildman–Crippen MR) is 51.0 cm³/mol. The number of rotatable bonds is 3. The van der Waals surface area contributed by atoms with Crippen molar-refractivity contribution in [2.75, 3.05) is 6.61 Å². The topological polar surface area (TPSA) is 63.4 Å². The summed E-state index contributed by atoms with van der Waals surface area (Å²) in [5.74, 6) is 0.401. The molecule has 1 aliphatic rings. The minimum absolute atomic E-state index is 0.122. The van der Waals surface area contributed by atoms with Crippen molar-refractivity contribution >= 4 is 5.69 Å². The van der Waals surface area contributed by atoms with Gasteiger partial charge in [-0.1, -0.05) is 18.2 Å². The molecule has 2 rings (SSSR count). The predicted octanol–water partition coefficient (Wildman–Crippen LogP) is 1.69. The second-order valence-electron chi connectivity index (χ2n) is 3.60. The van der Waals surface area contributed by atoms with E-state index < -0.39 is 0 Å². The van der Waals surface area contributed by atoms with E-state index in [-0.39, 0.29) is 29.1 Å². The van der Waals surface area contributed by atoms with Crippen molar-refractivity contribution in [2.45, 2.75) is 12.3 Å². The maximum absolute atomic E-state index is 10.7. The number of hydrogen-bond acceptors (Lipinski definition) is 3. The number of nitro benzene ring substituents is 1. The van der Waals surface area contributed by atoms with E-state index in [1.165, 1.54) is 6.07 Å². The minimum Gasteiger partial charge on any atom is -0.396 e. The molecule has 0 aliphatic heterocycles. The molecule has 0 radical (unpaired) electrons. The summed E-state index contributed by atoms with van der Waals surface area (Å²) in [5, 5.41) is 19.6. The monoisotopic (exact) mass is 193 g/mol. The van der Waals surface area contributed by atoms with Gasteiger partial charge in [-0.25, -0.2) is 0 Å². The van der Waals surface area contributed by atoms with Crippen molar-refractivity contribution < 1.29 is 10.0 Å². The molecule has 1 aliphatic carbocycles. The van der Waals surface area contributed by atoms with Gasteiger partial charge in [0.25, 0.3) is 5.69 Å². The van der Waals surface area contributed by atoms with Crippen molar-refractivity contribution in [3.8, 4) is 0 Å². The molecule has 0 heterocycles. The third-order valence-corrected chi connectivity index (χ3v) is 2.69. The van der Waals surface area contributed by atoms with Crippen LogP contribution in [0, 0.1) is 16.0 Å². The lowest BCUT2D eigenvalue weighted by atomic mass is 10.1. The van der Waals surface area contributed by atoms with Crippen LogP contribution in [0.1, 0.15) is 17.9 Å². The van der Waals surface area contributed by atoms with E-state index in [1.807, 2.05) is 0 Å². The Morgan fingerprint density at radius 2 is 2.21 bits per heavy atom. The molecule has 0 bridgehead atoms. The zero-order valence-electron chi connectivity index (χ0n) is 7.59. The Balaban J connectivity index is 2.29. The molecular weight excluding hydrogens is 182 g/mol. The van der Waals surface area contributed by atoms with Crippen LogP contribution in [-0.2, 0) is 0 Å². The average Bonchev–Trinajstić information content (AvgIpc) is 2.96. The summed E-state index contributed by atoms with van der Waals surface area (Å²) in [6.45, 7) is 0.122. The van der Waals surface area contributed by atoms with Gasteiger partial charge >= 0.3 is 0 Å². The van der Waals surface area contributed by atoms with Crippen LogP contribution >= 0.6 is 0 Å². The molecule has 4 heteroatoms. The fraction of sp³-hybridized carbons (Fsp3) is 0.400. The highest BCUT2D eigenvalue weighted by atomic mass is 16.6. The van der Waals surface area contributed by atoms with Gasteiger partial charge in [0, 0.05) is 18.2 Å². The Morgan fingerprint density at radius 1 is 1.50 bits per heavy atom. The smallest absolute Gasteiger partial charge is 0.272 e. The van der Waals surface area contributed by atoms with Crippen molar-refractivity contribution in [3.05, 3.63) is 39.9 Å². The molecular formula is C10H11NO3. The summed E-state index contributed by atoms with van der Waals surface area (Å²) in [4.78, 5) is 10.3. The molecule has 0 amide bonds. The summed E-state index contributed by atoms with van der Waals surface area (Å²) in [5.41, 5.74) is 0.935. The summed E-state index contributed by atoms with van der Waals surface area (Å²) >= 11 is 0. The first kappa shape index (κ1) is 9.15. The lowest BCUT2D eigenvalue weighted by Gasteiger charge is -2.00. The summed E-state index contributed by atoms with van der Waals surface area (Å²) in [6, 6.07) is 6.76. The van der Waals surface area contributed by atoms with Gasteiger partial charge in [-0.15, -0.1) is 0 Å². The third-order valence-electron chi connectivity index (χ3n) is 2.69. The Labute approximate surface area is 81.3 Å². The Bertz CT molecular complexity index is 364. The van der Waals surface area contributed by atoms with Gasteiger partial charge in [-0.3, -0.25) is 10.1 Å². The third kappa shape index (κ3) is 1.48. The lowest BCUT2D eigenvalue weighted by molar-refractivity contribution is -0.385. The fourth-order valence-electron chi connectivity index (χ4n) is 1.80. The Kier molecular flexibility index (Phi) is 2.21. The number of para-hydroxylation sites is 1. The van der Waals surface area contributed by atoms with Gasteiger partial charge in [0.05, 0.1) is 4.92 Å². The highest BCUT2D eigenvalue weighted by Crippen LogP contribution is 2.49. The second kappa shape index (κ2) is 3.38. The van der Waals surface area contributed by atoms with Gasteiger partial charge in [-0.2, -0.15) is 0 Å². The first-order chi connectivity index (χ1) is 6.74. The number of nitrogens with zero attached hydrogens (tertiary/aromatic N) is 1. The van der Waals surface area contributed by atoms with E-state index in [2.05, 4.69) is 0 Å². The summed E-state index contributed by atoms with van der Waals surface area (Å²) in [7, 11) is 0. The minimum atomic E-state index is -0.359. The number of hydrogen-bond donors (Lipinski definition) is 1.